The Labute approximate surface area is 109 Å². The molecule has 0 saturated carbocycles. The van der Waals surface area contributed by atoms with Crippen LogP contribution in [0.4, 0.5) is 5.69 Å². The van der Waals surface area contributed by atoms with E-state index < -0.39 is 0 Å². The Bertz CT molecular complexity index is 350. The zero-order chi connectivity index (χ0) is 12.3. The minimum atomic E-state index is 0.592. The molecule has 17 heavy (non-hydrogen) atoms. The average Bonchev–Trinajstić information content (AvgIpc) is 2.31. The van der Waals surface area contributed by atoms with Crippen LogP contribution < -0.4 is 10.2 Å². The highest BCUT2D eigenvalue weighted by atomic mass is 35.5. The number of rotatable bonds is 3. The van der Waals surface area contributed by atoms with Crippen LogP contribution in [0.15, 0.2) is 24.3 Å². The third-order valence-corrected chi connectivity index (χ3v) is 3.78. The minimum Gasteiger partial charge on any atom is -0.369 e. The number of piperidine rings is 1. The molecule has 2 unspecified atom stereocenters. The van der Waals surface area contributed by atoms with Crippen molar-refractivity contribution in [2.45, 2.75) is 38.8 Å². The second-order valence-corrected chi connectivity index (χ2v) is 5.23. The second-order valence-electron chi connectivity index (χ2n) is 4.80. The van der Waals surface area contributed by atoms with E-state index in [1.54, 1.807) is 0 Å². The van der Waals surface area contributed by atoms with E-state index >= 15 is 0 Å². The van der Waals surface area contributed by atoms with Gasteiger partial charge in [-0.15, -0.1) is 0 Å². The van der Waals surface area contributed by atoms with Crippen LogP contribution in [0.2, 0.25) is 5.02 Å². The predicted molar refractivity (Wildman–Crippen MR) is 75.0 cm³/mol. The summed E-state index contributed by atoms with van der Waals surface area (Å²) in [5.74, 6) is 0. The fraction of sp³-hybridized carbons (Fsp3) is 0.571. The van der Waals surface area contributed by atoms with Crippen LogP contribution in [0.5, 0.6) is 0 Å². The van der Waals surface area contributed by atoms with E-state index in [0.29, 0.717) is 12.1 Å². The van der Waals surface area contributed by atoms with Gasteiger partial charge in [0.05, 0.1) is 0 Å². The van der Waals surface area contributed by atoms with E-state index in [0.717, 1.165) is 18.1 Å². The summed E-state index contributed by atoms with van der Waals surface area (Å²) < 4.78 is 0. The van der Waals surface area contributed by atoms with Crippen LogP contribution in [0, 0.1) is 0 Å². The molecular weight excluding hydrogens is 232 g/mol. The van der Waals surface area contributed by atoms with Gasteiger partial charge in [-0.2, -0.15) is 0 Å². The SMILES string of the molecule is CCNC1CCN(c2ccc(Cl)cc2)C(C)C1. The van der Waals surface area contributed by atoms with Crippen molar-refractivity contribution < 1.29 is 0 Å². The van der Waals surface area contributed by atoms with E-state index in [2.05, 4.69) is 36.2 Å². The van der Waals surface area contributed by atoms with Crippen LogP contribution in [0.25, 0.3) is 0 Å². The van der Waals surface area contributed by atoms with Gasteiger partial charge >= 0.3 is 0 Å². The van der Waals surface area contributed by atoms with Crippen molar-refractivity contribution in [1.29, 1.82) is 0 Å². The molecule has 1 N–H and O–H groups in total. The molecule has 0 aliphatic carbocycles. The van der Waals surface area contributed by atoms with Gasteiger partial charge < -0.3 is 10.2 Å². The molecule has 2 nitrogen and oxygen atoms in total. The second kappa shape index (κ2) is 5.74. The quantitative estimate of drug-likeness (QED) is 0.888. The van der Waals surface area contributed by atoms with Crippen molar-refractivity contribution in [3.63, 3.8) is 0 Å². The molecule has 1 heterocycles. The van der Waals surface area contributed by atoms with Gasteiger partial charge in [-0.05, 0) is 50.6 Å². The molecule has 2 rings (SSSR count). The van der Waals surface area contributed by atoms with Crippen LogP contribution in [-0.4, -0.2) is 25.2 Å². The molecule has 0 radical (unpaired) electrons. The molecule has 0 spiro atoms. The first-order valence-corrected chi connectivity index (χ1v) is 6.84. The Morgan fingerprint density at radius 2 is 2.06 bits per heavy atom. The molecule has 0 amide bonds. The molecular formula is C14H21ClN2. The summed E-state index contributed by atoms with van der Waals surface area (Å²) in [5, 5.41) is 4.36. The number of nitrogens with zero attached hydrogens (tertiary/aromatic N) is 1. The fourth-order valence-corrected chi connectivity index (χ4v) is 2.79. The van der Waals surface area contributed by atoms with Gasteiger partial charge in [0.15, 0.2) is 0 Å². The maximum absolute atomic E-state index is 5.92. The normalized spacial score (nSPS) is 25.0. The average molecular weight is 253 g/mol. The predicted octanol–water partition coefficient (Wildman–Crippen LogP) is 3.31. The van der Waals surface area contributed by atoms with Gasteiger partial charge in [-0.25, -0.2) is 0 Å². The van der Waals surface area contributed by atoms with Crippen LogP contribution >= 0.6 is 11.6 Å². The number of hydrogen-bond donors (Lipinski definition) is 1. The first-order chi connectivity index (χ1) is 8.20. The Morgan fingerprint density at radius 1 is 1.35 bits per heavy atom. The highest BCUT2D eigenvalue weighted by Gasteiger charge is 2.24. The molecule has 1 fully saturated rings. The Kier molecular flexibility index (Phi) is 4.30. The summed E-state index contributed by atoms with van der Waals surface area (Å²) in [4.78, 5) is 2.48. The molecule has 1 saturated heterocycles. The summed E-state index contributed by atoms with van der Waals surface area (Å²) in [6.07, 6.45) is 2.44. The molecule has 2 atom stereocenters. The monoisotopic (exact) mass is 252 g/mol. The fourth-order valence-electron chi connectivity index (χ4n) is 2.66. The van der Waals surface area contributed by atoms with Crippen molar-refractivity contribution >= 4 is 17.3 Å². The molecule has 94 valence electrons. The molecule has 1 aliphatic rings. The van der Waals surface area contributed by atoms with Crippen molar-refractivity contribution in [3.05, 3.63) is 29.3 Å². The topological polar surface area (TPSA) is 15.3 Å². The lowest BCUT2D eigenvalue weighted by Gasteiger charge is -2.39. The molecule has 1 aromatic carbocycles. The Balaban J connectivity index is 2.01. The summed E-state index contributed by atoms with van der Waals surface area (Å²) in [6, 6.07) is 9.45. The van der Waals surface area contributed by atoms with E-state index in [4.69, 9.17) is 11.6 Å². The minimum absolute atomic E-state index is 0.592. The zero-order valence-electron chi connectivity index (χ0n) is 10.6. The molecule has 1 aromatic rings. The molecule has 0 bridgehead atoms. The largest absolute Gasteiger partial charge is 0.369 e. The molecule has 0 aromatic heterocycles. The standard InChI is InChI=1S/C14H21ClN2/c1-3-16-13-8-9-17(11(2)10-13)14-6-4-12(15)5-7-14/h4-7,11,13,16H,3,8-10H2,1-2H3. The van der Waals surface area contributed by atoms with Crippen LogP contribution in [-0.2, 0) is 0 Å². The molecule has 3 heteroatoms. The lowest BCUT2D eigenvalue weighted by Crippen LogP contribution is -2.47. The number of anilines is 1. The van der Waals surface area contributed by atoms with Crippen LogP contribution in [0.1, 0.15) is 26.7 Å². The van der Waals surface area contributed by atoms with Gasteiger partial charge in [-0.3, -0.25) is 0 Å². The smallest absolute Gasteiger partial charge is 0.0407 e. The van der Waals surface area contributed by atoms with E-state index in [9.17, 15) is 0 Å². The van der Waals surface area contributed by atoms with Gasteiger partial charge in [0, 0.05) is 29.3 Å². The lowest BCUT2D eigenvalue weighted by atomic mass is 9.97. The maximum atomic E-state index is 5.92. The molecule has 1 aliphatic heterocycles. The summed E-state index contributed by atoms with van der Waals surface area (Å²) in [5.41, 5.74) is 1.29. The number of halogens is 1. The van der Waals surface area contributed by atoms with Gasteiger partial charge in [-0.1, -0.05) is 18.5 Å². The maximum Gasteiger partial charge on any atom is 0.0407 e. The third-order valence-electron chi connectivity index (χ3n) is 3.53. The third kappa shape index (κ3) is 3.14. The number of hydrogen-bond acceptors (Lipinski definition) is 2. The highest BCUT2D eigenvalue weighted by Crippen LogP contribution is 2.25. The van der Waals surface area contributed by atoms with E-state index in [-0.39, 0.29) is 0 Å². The summed E-state index contributed by atoms with van der Waals surface area (Å²) in [7, 11) is 0. The van der Waals surface area contributed by atoms with Gasteiger partial charge in [0.2, 0.25) is 0 Å². The first-order valence-electron chi connectivity index (χ1n) is 6.46. The Hall–Kier alpha value is -0.730. The van der Waals surface area contributed by atoms with Crippen molar-refractivity contribution in [2.75, 3.05) is 18.0 Å². The van der Waals surface area contributed by atoms with Gasteiger partial charge in [0.25, 0.3) is 0 Å². The first kappa shape index (κ1) is 12.7. The van der Waals surface area contributed by atoms with E-state index in [1.807, 2.05) is 12.1 Å². The van der Waals surface area contributed by atoms with Gasteiger partial charge in [0.1, 0.15) is 0 Å². The van der Waals surface area contributed by atoms with Crippen molar-refractivity contribution in [2.24, 2.45) is 0 Å². The van der Waals surface area contributed by atoms with Crippen molar-refractivity contribution in [1.82, 2.24) is 5.32 Å². The number of benzene rings is 1. The van der Waals surface area contributed by atoms with Crippen molar-refractivity contribution in [3.8, 4) is 0 Å². The lowest BCUT2D eigenvalue weighted by molar-refractivity contribution is 0.374. The summed E-state index contributed by atoms with van der Waals surface area (Å²) >= 11 is 5.92. The zero-order valence-corrected chi connectivity index (χ0v) is 11.4. The highest BCUT2D eigenvalue weighted by molar-refractivity contribution is 6.30. The number of nitrogens with one attached hydrogen (secondary N) is 1. The van der Waals surface area contributed by atoms with Crippen LogP contribution in [0.3, 0.4) is 0 Å². The summed E-state index contributed by atoms with van der Waals surface area (Å²) in [6.45, 7) is 6.67. The Morgan fingerprint density at radius 3 is 2.65 bits per heavy atom. The van der Waals surface area contributed by atoms with E-state index in [1.165, 1.54) is 18.5 Å².